The van der Waals surface area contributed by atoms with Gasteiger partial charge in [0, 0.05) is 42.6 Å². The van der Waals surface area contributed by atoms with Gasteiger partial charge in [-0.05, 0) is 68.8 Å². The largest absolute Gasteiger partial charge is 0.492 e. The maximum atomic E-state index is 13.8. The zero-order valence-electron chi connectivity index (χ0n) is 21.6. The van der Waals surface area contributed by atoms with Crippen molar-refractivity contribution in [1.29, 1.82) is 0 Å². The van der Waals surface area contributed by atoms with E-state index in [2.05, 4.69) is 46.7 Å². The number of para-hydroxylation sites is 2. The minimum atomic E-state index is 0.0660. The first-order chi connectivity index (χ1) is 18.0. The van der Waals surface area contributed by atoms with Crippen LogP contribution >= 0.6 is 11.6 Å². The minimum absolute atomic E-state index is 0.0660. The molecule has 0 unspecified atom stereocenters. The number of ether oxygens (including phenoxy) is 1. The average molecular weight is 514 g/mol. The molecule has 190 valence electrons. The zero-order valence-corrected chi connectivity index (χ0v) is 22.3. The minimum Gasteiger partial charge on any atom is -0.492 e. The Hall–Kier alpha value is -3.70. The molecule has 0 bridgehead atoms. The molecular weight excluding hydrogens is 482 g/mol. The lowest BCUT2D eigenvalue weighted by Crippen LogP contribution is -2.49. The number of aryl methyl sites for hydroxylation is 1. The van der Waals surface area contributed by atoms with E-state index in [1.165, 1.54) is 5.56 Å². The Morgan fingerprint density at radius 1 is 0.892 bits per heavy atom. The van der Waals surface area contributed by atoms with Crippen LogP contribution in [0.4, 0.5) is 5.69 Å². The van der Waals surface area contributed by atoms with Gasteiger partial charge in [-0.1, -0.05) is 53.6 Å². The zero-order chi connectivity index (χ0) is 25.9. The van der Waals surface area contributed by atoms with Crippen molar-refractivity contribution in [3.05, 3.63) is 101 Å². The molecule has 37 heavy (non-hydrogen) atoms. The highest BCUT2D eigenvalue weighted by Crippen LogP contribution is 2.32. The second-order valence-electron chi connectivity index (χ2n) is 9.39. The van der Waals surface area contributed by atoms with Crippen molar-refractivity contribution in [3.8, 4) is 22.7 Å². The fraction of sp³-hybridized carbons (Fsp3) is 0.258. The monoisotopic (exact) mass is 513 g/mol. The summed E-state index contributed by atoms with van der Waals surface area (Å²) >= 11 is 6.17. The third kappa shape index (κ3) is 5.09. The lowest BCUT2D eigenvalue weighted by molar-refractivity contribution is 0.0746. The van der Waals surface area contributed by atoms with Gasteiger partial charge in [0.15, 0.2) is 0 Å². The number of hydrogen-bond donors (Lipinski definition) is 0. The van der Waals surface area contributed by atoms with E-state index < -0.39 is 0 Å². The molecule has 4 aromatic rings. The van der Waals surface area contributed by atoms with Crippen molar-refractivity contribution < 1.29 is 9.53 Å². The summed E-state index contributed by atoms with van der Waals surface area (Å²) in [5.74, 6) is 0.958. The molecule has 0 radical (unpaired) electrons. The normalized spacial score (nSPS) is 13.6. The molecule has 5 nitrogen and oxygen atoms in total. The number of nitrogens with zero attached hydrogens (tertiary/aromatic N) is 3. The topological polar surface area (TPSA) is 37.7 Å². The molecule has 0 atom stereocenters. The third-order valence-electron chi connectivity index (χ3n) is 6.98. The number of anilines is 1. The maximum absolute atomic E-state index is 13.8. The molecule has 1 aliphatic heterocycles. The van der Waals surface area contributed by atoms with Gasteiger partial charge in [0.1, 0.15) is 5.75 Å². The van der Waals surface area contributed by atoms with Crippen LogP contribution in [0.5, 0.6) is 5.75 Å². The molecule has 1 fully saturated rings. The molecule has 1 saturated heterocycles. The number of amides is 1. The van der Waals surface area contributed by atoms with Crippen LogP contribution in [0.1, 0.15) is 28.5 Å². The number of carbonyl (C=O) groups is 1. The van der Waals surface area contributed by atoms with E-state index in [-0.39, 0.29) is 5.91 Å². The fourth-order valence-corrected chi connectivity index (χ4v) is 5.13. The number of hydrogen-bond acceptors (Lipinski definition) is 3. The van der Waals surface area contributed by atoms with Crippen LogP contribution in [0.15, 0.2) is 78.9 Å². The SMILES string of the molecule is CCOc1ccccc1N1CCN(C(=O)c2cc(-c3ccc(Cl)cc3)n(-c3ccc(C)cc3)c2C)CC1. The summed E-state index contributed by atoms with van der Waals surface area (Å²) < 4.78 is 8.00. The highest BCUT2D eigenvalue weighted by Gasteiger charge is 2.27. The standard InChI is InChI=1S/C31H32ClN3O2/c1-4-37-30-8-6-5-7-28(30)33-17-19-34(20-18-33)31(36)27-21-29(24-11-13-25(32)14-12-24)35(23(27)3)26-15-9-22(2)10-16-26/h5-16,21H,4,17-20H2,1-3H3. The van der Waals surface area contributed by atoms with Gasteiger partial charge in [0.2, 0.25) is 0 Å². The summed E-state index contributed by atoms with van der Waals surface area (Å²) in [4.78, 5) is 18.1. The van der Waals surface area contributed by atoms with E-state index in [0.29, 0.717) is 24.7 Å². The van der Waals surface area contributed by atoms with Crippen molar-refractivity contribution in [2.45, 2.75) is 20.8 Å². The molecule has 0 saturated carbocycles. The Morgan fingerprint density at radius 2 is 1.57 bits per heavy atom. The molecule has 0 aliphatic carbocycles. The van der Waals surface area contributed by atoms with Crippen LogP contribution in [0, 0.1) is 13.8 Å². The highest BCUT2D eigenvalue weighted by molar-refractivity contribution is 6.30. The summed E-state index contributed by atoms with van der Waals surface area (Å²) in [6.07, 6.45) is 0. The molecule has 2 heterocycles. The van der Waals surface area contributed by atoms with Crippen molar-refractivity contribution >= 4 is 23.2 Å². The van der Waals surface area contributed by atoms with Crippen LogP contribution in [0.2, 0.25) is 5.02 Å². The maximum Gasteiger partial charge on any atom is 0.255 e. The molecule has 0 N–H and O–H groups in total. The number of carbonyl (C=O) groups excluding carboxylic acids is 1. The van der Waals surface area contributed by atoms with Gasteiger partial charge in [-0.2, -0.15) is 0 Å². The van der Waals surface area contributed by atoms with Crippen molar-refractivity contribution in [3.63, 3.8) is 0 Å². The fourth-order valence-electron chi connectivity index (χ4n) is 5.00. The number of piperazine rings is 1. The molecular formula is C31H32ClN3O2. The van der Waals surface area contributed by atoms with Crippen molar-refractivity contribution in [2.75, 3.05) is 37.7 Å². The van der Waals surface area contributed by atoms with E-state index in [9.17, 15) is 4.79 Å². The molecule has 5 rings (SSSR count). The van der Waals surface area contributed by atoms with Crippen molar-refractivity contribution in [2.24, 2.45) is 0 Å². The number of aromatic nitrogens is 1. The summed E-state index contributed by atoms with van der Waals surface area (Å²) in [6, 6.07) is 26.3. The number of rotatable bonds is 6. The predicted octanol–water partition coefficient (Wildman–Crippen LogP) is 6.78. The first-order valence-electron chi connectivity index (χ1n) is 12.8. The Balaban J connectivity index is 1.43. The Kier molecular flexibility index (Phi) is 7.24. The first kappa shape index (κ1) is 25.0. The first-order valence-corrected chi connectivity index (χ1v) is 13.2. The summed E-state index contributed by atoms with van der Waals surface area (Å²) in [6.45, 7) is 9.57. The van der Waals surface area contributed by atoms with Gasteiger partial charge in [-0.3, -0.25) is 4.79 Å². The highest BCUT2D eigenvalue weighted by atomic mass is 35.5. The number of benzene rings is 3. The van der Waals surface area contributed by atoms with Gasteiger partial charge < -0.3 is 19.1 Å². The van der Waals surface area contributed by atoms with Crippen LogP contribution < -0.4 is 9.64 Å². The van der Waals surface area contributed by atoms with Crippen LogP contribution in [-0.2, 0) is 0 Å². The predicted molar refractivity (Wildman–Crippen MR) is 151 cm³/mol. The lowest BCUT2D eigenvalue weighted by Gasteiger charge is -2.36. The van der Waals surface area contributed by atoms with Gasteiger partial charge in [-0.15, -0.1) is 0 Å². The molecule has 6 heteroatoms. The van der Waals surface area contributed by atoms with Gasteiger partial charge in [-0.25, -0.2) is 0 Å². The second-order valence-corrected chi connectivity index (χ2v) is 9.82. The molecule has 3 aromatic carbocycles. The van der Waals surface area contributed by atoms with E-state index in [0.717, 1.165) is 52.7 Å². The number of halogens is 1. The van der Waals surface area contributed by atoms with E-state index in [1.807, 2.05) is 67.3 Å². The van der Waals surface area contributed by atoms with Crippen molar-refractivity contribution in [1.82, 2.24) is 9.47 Å². The van der Waals surface area contributed by atoms with Gasteiger partial charge in [0.25, 0.3) is 5.91 Å². The summed E-state index contributed by atoms with van der Waals surface area (Å²) in [7, 11) is 0. The molecule has 1 amide bonds. The van der Waals surface area contributed by atoms with Crippen LogP contribution in [0.25, 0.3) is 16.9 Å². The molecule has 1 aliphatic rings. The molecule has 0 spiro atoms. The van der Waals surface area contributed by atoms with E-state index in [4.69, 9.17) is 16.3 Å². The van der Waals surface area contributed by atoms with Gasteiger partial charge >= 0.3 is 0 Å². The van der Waals surface area contributed by atoms with Gasteiger partial charge in [0.05, 0.1) is 23.6 Å². The van der Waals surface area contributed by atoms with E-state index >= 15 is 0 Å². The summed E-state index contributed by atoms with van der Waals surface area (Å²) in [5.41, 5.74) is 6.97. The average Bonchev–Trinajstić information content (AvgIpc) is 3.26. The Labute approximate surface area is 223 Å². The van der Waals surface area contributed by atoms with E-state index in [1.54, 1.807) is 0 Å². The molecule has 1 aromatic heterocycles. The Morgan fingerprint density at radius 3 is 2.24 bits per heavy atom. The summed E-state index contributed by atoms with van der Waals surface area (Å²) in [5, 5.41) is 0.689. The third-order valence-corrected chi connectivity index (χ3v) is 7.23. The lowest BCUT2D eigenvalue weighted by atomic mass is 10.1. The van der Waals surface area contributed by atoms with Crippen LogP contribution in [-0.4, -0.2) is 48.2 Å². The second kappa shape index (κ2) is 10.7. The quantitative estimate of drug-likeness (QED) is 0.285. The van der Waals surface area contributed by atoms with Crippen LogP contribution in [0.3, 0.4) is 0 Å². The smallest absolute Gasteiger partial charge is 0.255 e. The Bertz CT molecular complexity index is 1390.